The molecule has 0 aliphatic carbocycles. The fraction of sp³-hybridized carbons (Fsp3) is 0.200. The number of nitrogens with two attached hydrogens (primary N) is 1. The van der Waals surface area contributed by atoms with Gasteiger partial charge in [-0.1, -0.05) is 28.9 Å². The van der Waals surface area contributed by atoms with E-state index in [-0.39, 0.29) is 24.7 Å². The predicted molar refractivity (Wildman–Crippen MR) is 61.6 cm³/mol. The molecule has 0 saturated heterocycles. The highest BCUT2D eigenvalue weighted by atomic mass is 35.5. The van der Waals surface area contributed by atoms with E-state index in [1.54, 1.807) is 24.3 Å². The van der Waals surface area contributed by atoms with Gasteiger partial charge in [0.15, 0.2) is 5.84 Å². The standard InChI is InChI=1S/C10H12ClN3O2/c11-8-3-1-7(2-4-8)5-10(15)13-6-9(12)14-16/h1-4,16H,5-6H2,(H2,12,14)(H,13,15). The van der Waals surface area contributed by atoms with Crippen molar-refractivity contribution in [3.8, 4) is 0 Å². The molecule has 0 radical (unpaired) electrons. The Morgan fingerprint density at radius 3 is 2.62 bits per heavy atom. The van der Waals surface area contributed by atoms with Crippen LogP contribution in [0.4, 0.5) is 0 Å². The molecule has 0 aliphatic heterocycles. The number of oxime groups is 1. The lowest BCUT2D eigenvalue weighted by Gasteiger charge is -2.04. The highest BCUT2D eigenvalue weighted by Crippen LogP contribution is 2.09. The lowest BCUT2D eigenvalue weighted by atomic mass is 10.1. The molecule has 86 valence electrons. The zero-order valence-corrected chi connectivity index (χ0v) is 9.24. The number of carbonyl (C=O) groups excluding carboxylic acids is 1. The summed E-state index contributed by atoms with van der Waals surface area (Å²) < 4.78 is 0. The van der Waals surface area contributed by atoms with E-state index in [2.05, 4.69) is 10.5 Å². The molecule has 0 bridgehead atoms. The molecule has 4 N–H and O–H groups in total. The molecule has 1 aromatic carbocycles. The third kappa shape index (κ3) is 4.18. The molecule has 0 fully saturated rings. The first-order valence-electron chi connectivity index (χ1n) is 4.59. The summed E-state index contributed by atoms with van der Waals surface area (Å²) in [6.45, 7) is 0.0307. The molecule has 0 spiro atoms. The molecule has 6 heteroatoms. The lowest BCUT2D eigenvalue weighted by molar-refractivity contribution is -0.120. The van der Waals surface area contributed by atoms with Gasteiger partial charge < -0.3 is 16.3 Å². The minimum absolute atomic E-state index is 0.0307. The fourth-order valence-corrected chi connectivity index (χ4v) is 1.20. The van der Waals surface area contributed by atoms with Crippen molar-refractivity contribution in [1.29, 1.82) is 0 Å². The Morgan fingerprint density at radius 1 is 1.44 bits per heavy atom. The molecular formula is C10H12ClN3O2. The highest BCUT2D eigenvalue weighted by molar-refractivity contribution is 6.30. The maximum absolute atomic E-state index is 11.4. The Balaban J connectivity index is 2.43. The number of hydrogen-bond acceptors (Lipinski definition) is 3. The van der Waals surface area contributed by atoms with Gasteiger partial charge in [-0.05, 0) is 17.7 Å². The van der Waals surface area contributed by atoms with Crippen molar-refractivity contribution in [2.45, 2.75) is 6.42 Å². The van der Waals surface area contributed by atoms with Gasteiger partial charge in [-0.15, -0.1) is 0 Å². The summed E-state index contributed by atoms with van der Waals surface area (Å²) in [5.74, 6) is -0.238. The Kier molecular flexibility index (Phi) is 4.60. The van der Waals surface area contributed by atoms with Gasteiger partial charge in [0.05, 0.1) is 13.0 Å². The van der Waals surface area contributed by atoms with Crippen LogP contribution in [0.25, 0.3) is 0 Å². The predicted octanol–water partition coefficient (Wildman–Crippen LogP) is 0.745. The molecular weight excluding hydrogens is 230 g/mol. The molecule has 0 heterocycles. The monoisotopic (exact) mass is 241 g/mol. The van der Waals surface area contributed by atoms with Crippen LogP contribution in [0.3, 0.4) is 0 Å². The van der Waals surface area contributed by atoms with Crippen molar-refractivity contribution < 1.29 is 10.0 Å². The second kappa shape index (κ2) is 5.97. The van der Waals surface area contributed by atoms with Gasteiger partial charge in [0.25, 0.3) is 0 Å². The molecule has 1 rings (SSSR count). The van der Waals surface area contributed by atoms with E-state index in [1.165, 1.54) is 0 Å². The first-order chi connectivity index (χ1) is 7.61. The van der Waals surface area contributed by atoms with Crippen molar-refractivity contribution in [3.05, 3.63) is 34.9 Å². The summed E-state index contributed by atoms with van der Waals surface area (Å²) in [5.41, 5.74) is 6.05. The molecule has 1 aromatic rings. The smallest absolute Gasteiger partial charge is 0.224 e. The SMILES string of the molecule is N/C(CNC(=O)Cc1ccc(Cl)cc1)=N/O. The number of rotatable bonds is 4. The number of halogens is 1. The molecule has 0 atom stereocenters. The normalized spacial score (nSPS) is 11.2. The third-order valence-electron chi connectivity index (χ3n) is 1.87. The van der Waals surface area contributed by atoms with E-state index in [4.69, 9.17) is 22.5 Å². The van der Waals surface area contributed by atoms with Gasteiger partial charge in [-0.3, -0.25) is 4.79 Å². The van der Waals surface area contributed by atoms with Crippen molar-refractivity contribution >= 4 is 23.3 Å². The van der Waals surface area contributed by atoms with Crippen molar-refractivity contribution in [1.82, 2.24) is 5.32 Å². The molecule has 0 unspecified atom stereocenters. The first kappa shape index (κ1) is 12.3. The van der Waals surface area contributed by atoms with Crippen molar-refractivity contribution in [3.63, 3.8) is 0 Å². The van der Waals surface area contributed by atoms with Crippen molar-refractivity contribution in [2.75, 3.05) is 6.54 Å². The zero-order valence-electron chi connectivity index (χ0n) is 8.48. The van der Waals surface area contributed by atoms with Gasteiger partial charge >= 0.3 is 0 Å². The summed E-state index contributed by atoms with van der Waals surface area (Å²) in [7, 11) is 0. The molecule has 0 saturated carbocycles. The number of nitrogens with zero attached hydrogens (tertiary/aromatic N) is 1. The second-order valence-electron chi connectivity index (χ2n) is 3.17. The van der Waals surface area contributed by atoms with Crippen LogP contribution in [-0.4, -0.2) is 23.5 Å². The average molecular weight is 242 g/mol. The molecule has 1 amide bonds. The van der Waals surface area contributed by atoms with Gasteiger partial charge in [0.2, 0.25) is 5.91 Å². The second-order valence-corrected chi connectivity index (χ2v) is 3.61. The summed E-state index contributed by atoms with van der Waals surface area (Å²) in [6.07, 6.45) is 0.232. The van der Waals surface area contributed by atoms with Crippen LogP contribution in [-0.2, 0) is 11.2 Å². The largest absolute Gasteiger partial charge is 0.409 e. The van der Waals surface area contributed by atoms with E-state index in [0.29, 0.717) is 5.02 Å². The van der Waals surface area contributed by atoms with E-state index in [9.17, 15) is 4.79 Å². The van der Waals surface area contributed by atoms with Crippen LogP contribution in [0, 0.1) is 0 Å². The fourth-order valence-electron chi connectivity index (χ4n) is 1.07. The summed E-state index contributed by atoms with van der Waals surface area (Å²) in [4.78, 5) is 11.4. The number of benzene rings is 1. The van der Waals surface area contributed by atoms with Crippen LogP contribution in [0.2, 0.25) is 5.02 Å². The molecule has 0 aromatic heterocycles. The number of hydrogen-bond donors (Lipinski definition) is 3. The number of amidine groups is 1. The number of carbonyl (C=O) groups is 1. The van der Waals surface area contributed by atoms with Gasteiger partial charge in [0, 0.05) is 5.02 Å². The number of amides is 1. The number of nitrogens with one attached hydrogen (secondary N) is 1. The Morgan fingerprint density at radius 2 is 2.06 bits per heavy atom. The van der Waals surface area contributed by atoms with E-state index < -0.39 is 0 Å². The van der Waals surface area contributed by atoms with Gasteiger partial charge in [0.1, 0.15) is 0 Å². The molecule has 5 nitrogen and oxygen atoms in total. The van der Waals surface area contributed by atoms with E-state index >= 15 is 0 Å². The van der Waals surface area contributed by atoms with Gasteiger partial charge in [-0.2, -0.15) is 0 Å². The average Bonchev–Trinajstić information content (AvgIpc) is 2.29. The Hall–Kier alpha value is -1.75. The summed E-state index contributed by atoms with van der Waals surface area (Å²) >= 11 is 5.71. The molecule has 16 heavy (non-hydrogen) atoms. The quantitative estimate of drug-likeness (QED) is 0.315. The lowest BCUT2D eigenvalue weighted by Crippen LogP contribution is -2.34. The Bertz CT molecular complexity index is 390. The zero-order chi connectivity index (χ0) is 12.0. The van der Waals surface area contributed by atoms with Gasteiger partial charge in [-0.25, -0.2) is 0 Å². The van der Waals surface area contributed by atoms with E-state index in [0.717, 1.165) is 5.56 Å². The highest BCUT2D eigenvalue weighted by Gasteiger charge is 2.03. The first-order valence-corrected chi connectivity index (χ1v) is 4.97. The van der Waals surface area contributed by atoms with Crippen LogP contribution in [0.1, 0.15) is 5.56 Å². The minimum atomic E-state index is -0.200. The summed E-state index contributed by atoms with van der Waals surface area (Å²) in [5, 5.41) is 14.1. The topological polar surface area (TPSA) is 87.7 Å². The minimum Gasteiger partial charge on any atom is -0.409 e. The van der Waals surface area contributed by atoms with Crippen molar-refractivity contribution in [2.24, 2.45) is 10.9 Å². The van der Waals surface area contributed by atoms with Crippen LogP contribution < -0.4 is 11.1 Å². The van der Waals surface area contributed by atoms with Crippen LogP contribution in [0.15, 0.2) is 29.4 Å². The molecule has 0 aliphatic rings. The maximum atomic E-state index is 11.4. The van der Waals surface area contributed by atoms with Crippen LogP contribution >= 0.6 is 11.6 Å². The third-order valence-corrected chi connectivity index (χ3v) is 2.13. The summed E-state index contributed by atoms with van der Waals surface area (Å²) in [6, 6.07) is 6.97. The Labute approximate surface area is 97.9 Å². The maximum Gasteiger partial charge on any atom is 0.224 e. The van der Waals surface area contributed by atoms with E-state index in [1.807, 2.05) is 0 Å². The van der Waals surface area contributed by atoms with Crippen LogP contribution in [0.5, 0.6) is 0 Å².